The minimum absolute atomic E-state index is 0.0508. The zero-order chi connectivity index (χ0) is 16.5. The van der Waals surface area contributed by atoms with Crippen molar-refractivity contribution >= 4 is 28.8 Å². The highest BCUT2D eigenvalue weighted by Gasteiger charge is 2.35. The Balaban J connectivity index is 1.42. The van der Waals surface area contributed by atoms with Crippen LogP contribution in [-0.4, -0.2) is 25.2 Å². The summed E-state index contributed by atoms with van der Waals surface area (Å²) in [7, 11) is 0. The van der Waals surface area contributed by atoms with Gasteiger partial charge in [-0.1, -0.05) is 6.07 Å². The number of benzene rings is 1. The fourth-order valence-electron chi connectivity index (χ4n) is 2.92. The Morgan fingerprint density at radius 2 is 2.17 bits per heavy atom. The molecule has 2 aromatic rings. The van der Waals surface area contributed by atoms with Crippen molar-refractivity contribution in [3.05, 3.63) is 40.6 Å². The van der Waals surface area contributed by atoms with E-state index in [1.165, 1.54) is 0 Å². The Kier molecular flexibility index (Phi) is 3.86. The van der Waals surface area contributed by atoms with Gasteiger partial charge in [0, 0.05) is 29.6 Å². The van der Waals surface area contributed by atoms with Gasteiger partial charge in [0.2, 0.25) is 18.6 Å². The highest BCUT2D eigenvalue weighted by atomic mass is 32.1. The number of ether oxygens (including phenoxy) is 2. The van der Waals surface area contributed by atoms with Gasteiger partial charge in [0.25, 0.3) is 0 Å². The standard InChI is InChI=1S/C17H16N2O4S/c20-16-6-11(17(21)18-8-13-2-1-5-24-13)9-19(16)12-3-4-14-15(7-12)23-10-22-14/h1-5,7,11H,6,8-10H2,(H,18,21). The van der Waals surface area contributed by atoms with Crippen LogP contribution in [0.15, 0.2) is 35.7 Å². The van der Waals surface area contributed by atoms with Crippen molar-refractivity contribution in [3.63, 3.8) is 0 Å². The third kappa shape index (κ3) is 2.82. The maximum Gasteiger partial charge on any atom is 0.231 e. The van der Waals surface area contributed by atoms with E-state index in [-0.39, 0.29) is 30.9 Å². The zero-order valence-electron chi connectivity index (χ0n) is 12.9. The second-order valence-corrected chi connectivity index (χ2v) is 6.77. The van der Waals surface area contributed by atoms with Gasteiger partial charge in [-0.2, -0.15) is 0 Å². The molecule has 1 N–H and O–H groups in total. The highest BCUT2D eigenvalue weighted by Crippen LogP contribution is 2.37. The van der Waals surface area contributed by atoms with Crippen molar-refractivity contribution in [2.24, 2.45) is 5.92 Å². The van der Waals surface area contributed by atoms with Crippen LogP contribution >= 0.6 is 11.3 Å². The summed E-state index contributed by atoms with van der Waals surface area (Å²) in [5, 5.41) is 4.88. The van der Waals surface area contributed by atoms with Gasteiger partial charge >= 0.3 is 0 Å². The molecule has 7 heteroatoms. The van der Waals surface area contributed by atoms with E-state index in [1.54, 1.807) is 28.4 Å². The van der Waals surface area contributed by atoms with Crippen molar-refractivity contribution in [1.82, 2.24) is 5.32 Å². The van der Waals surface area contributed by atoms with Gasteiger partial charge < -0.3 is 19.7 Å². The molecule has 0 bridgehead atoms. The summed E-state index contributed by atoms with van der Waals surface area (Å²) in [6, 6.07) is 9.31. The Morgan fingerprint density at radius 3 is 3.00 bits per heavy atom. The lowest BCUT2D eigenvalue weighted by Crippen LogP contribution is -2.32. The van der Waals surface area contributed by atoms with Crippen LogP contribution < -0.4 is 19.7 Å². The monoisotopic (exact) mass is 344 g/mol. The van der Waals surface area contributed by atoms with Crippen molar-refractivity contribution < 1.29 is 19.1 Å². The predicted molar refractivity (Wildman–Crippen MR) is 89.2 cm³/mol. The van der Waals surface area contributed by atoms with Gasteiger partial charge in [0.15, 0.2) is 11.5 Å². The van der Waals surface area contributed by atoms with Crippen LogP contribution in [0.2, 0.25) is 0 Å². The number of anilines is 1. The molecule has 1 saturated heterocycles. The van der Waals surface area contributed by atoms with Crippen molar-refractivity contribution in [3.8, 4) is 11.5 Å². The average Bonchev–Trinajstić information content (AvgIpc) is 3.32. The highest BCUT2D eigenvalue weighted by molar-refractivity contribution is 7.09. The van der Waals surface area contributed by atoms with Crippen LogP contribution in [0.25, 0.3) is 0 Å². The second kappa shape index (κ2) is 6.16. The first-order valence-corrected chi connectivity index (χ1v) is 8.59. The Bertz CT molecular complexity index is 775. The smallest absolute Gasteiger partial charge is 0.231 e. The van der Waals surface area contributed by atoms with Crippen LogP contribution in [0.4, 0.5) is 5.69 Å². The van der Waals surface area contributed by atoms with E-state index in [4.69, 9.17) is 9.47 Å². The van der Waals surface area contributed by atoms with Crippen LogP contribution in [0.1, 0.15) is 11.3 Å². The first-order chi connectivity index (χ1) is 11.7. The summed E-state index contributed by atoms with van der Waals surface area (Å²) in [6.45, 7) is 1.08. The topological polar surface area (TPSA) is 67.9 Å². The number of fused-ring (bicyclic) bond motifs is 1. The molecule has 1 aromatic heterocycles. The number of nitrogens with zero attached hydrogens (tertiary/aromatic N) is 1. The van der Waals surface area contributed by atoms with E-state index in [2.05, 4.69) is 5.32 Å². The summed E-state index contributed by atoms with van der Waals surface area (Å²) in [6.07, 6.45) is 0.227. The molecule has 0 radical (unpaired) electrons. The average molecular weight is 344 g/mol. The number of rotatable bonds is 4. The summed E-state index contributed by atoms with van der Waals surface area (Å²) < 4.78 is 10.6. The molecule has 2 aliphatic rings. The molecular formula is C17H16N2O4S. The number of carbonyl (C=O) groups is 2. The third-order valence-corrected chi connectivity index (χ3v) is 5.06. The minimum atomic E-state index is -0.331. The van der Waals surface area contributed by atoms with E-state index in [0.29, 0.717) is 24.6 Å². The normalized spacial score (nSPS) is 18.9. The number of hydrogen-bond donors (Lipinski definition) is 1. The summed E-state index contributed by atoms with van der Waals surface area (Å²) in [5.41, 5.74) is 0.734. The number of amides is 2. The number of nitrogens with one attached hydrogen (secondary N) is 1. The summed E-state index contributed by atoms with van der Waals surface area (Å²) >= 11 is 1.60. The summed E-state index contributed by atoms with van der Waals surface area (Å²) in [4.78, 5) is 27.4. The van der Waals surface area contributed by atoms with E-state index in [0.717, 1.165) is 10.6 Å². The lowest BCUT2D eigenvalue weighted by Gasteiger charge is -2.17. The largest absolute Gasteiger partial charge is 0.454 e. The van der Waals surface area contributed by atoms with Gasteiger partial charge in [-0.05, 0) is 23.6 Å². The fraction of sp³-hybridized carbons (Fsp3) is 0.294. The molecule has 0 saturated carbocycles. The van der Waals surface area contributed by atoms with Crippen LogP contribution in [0.5, 0.6) is 11.5 Å². The van der Waals surface area contributed by atoms with Crippen LogP contribution in [-0.2, 0) is 16.1 Å². The molecule has 24 heavy (non-hydrogen) atoms. The molecule has 3 heterocycles. The first-order valence-electron chi connectivity index (χ1n) is 7.71. The molecule has 1 unspecified atom stereocenters. The van der Waals surface area contributed by atoms with Gasteiger partial charge in [-0.15, -0.1) is 11.3 Å². The van der Waals surface area contributed by atoms with Gasteiger partial charge in [-0.25, -0.2) is 0 Å². The van der Waals surface area contributed by atoms with E-state index in [1.807, 2.05) is 23.6 Å². The van der Waals surface area contributed by atoms with Crippen LogP contribution in [0.3, 0.4) is 0 Å². The molecule has 2 aliphatic heterocycles. The van der Waals surface area contributed by atoms with Crippen molar-refractivity contribution in [1.29, 1.82) is 0 Å². The Hall–Kier alpha value is -2.54. The lowest BCUT2D eigenvalue weighted by atomic mass is 10.1. The van der Waals surface area contributed by atoms with Crippen molar-refractivity contribution in [2.45, 2.75) is 13.0 Å². The Labute approximate surface area is 143 Å². The van der Waals surface area contributed by atoms with Gasteiger partial charge in [-0.3, -0.25) is 9.59 Å². The molecule has 0 aliphatic carbocycles. The van der Waals surface area contributed by atoms with E-state index in [9.17, 15) is 9.59 Å². The number of hydrogen-bond acceptors (Lipinski definition) is 5. The Morgan fingerprint density at radius 1 is 1.29 bits per heavy atom. The zero-order valence-corrected chi connectivity index (χ0v) is 13.7. The van der Waals surface area contributed by atoms with E-state index >= 15 is 0 Å². The molecule has 0 spiro atoms. The molecule has 1 aromatic carbocycles. The van der Waals surface area contributed by atoms with Gasteiger partial charge in [0.1, 0.15) is 0 Å². The maximum atomic E-state index is 12.3. The quantitative estimate of drug-likeness (QED) is 0.923. The SMILES string of the molecule is O=C(NCc1cccs1)C1CC(=O)N(c2ccc3c(c2)OCO3)C1. The second-order valence-electron chi connectivity index (χ2n) is 5.74. The molecule has 6 nitrogen and oxygen atoms in total. The molecule has 4 rings (SSSR count). The molecular weight excluding hydrogens is 328 g/mol. The lowest BCUT2D eigenvalue weighted by molar-refractivity contribution is -0.126. The van der Waals surface area contributed by atoms with Gasteiger partial charge in [0.05, 0.1) is 12.5 Å². The summed E-state index contributed by atoms with van der Waals surface area (Å²) in [5.74, 6) is 0.842. The molecule has 2 amide bonds. The number of thiophene rings is 1. The molecule has 1 fully saturated rings. The fourth-order valence-corrected chi connectivity index (χ4v) is 3.56. The number of carbonyl (C=O) groups excluding carboxylic acids is 2. The van der Waals surface area contributed by atoms with Crippen molar-refractivity contribution in [2.75, 3.05) is 18.2 Å². The third-order valence-electron chi connectivity index (χ3n) is 4.18. The molecule has 1 atom stereocenters. The maximum absolute atomic E-state index is 12.3. The van der Waals surface area contributed by atoms with E-state index < -0.39 is 0 Å². The molecule has 124 valence electrons. The predicted octanol–water partition coefficient (Wildman–Crippen LogP) is 2.15. The van der Waals surface area contributed by atoms with Crippen LogP contribution in [0, 0.1) is 5.92 Å². The minimum Gasteiger partial charge on any atom is -0.454 e. The first kappa shape index (κ1) is 15.0.